The molecule has 35 heavy (non-hydrogen) atoms. The molecule has 0 aliphatic carbocycles. The van der Waals surface area contributed by atoms with E-state index in [0.717, 1.165) is 24.1 Å². The second-order valence-electron chi connectivity index (χ2n) is 9.21. The molecule has 0 saturated heterocycles. The molecule has 5 heteroatoms. The first-order valence-electron chi connectivity index (χ1n) is 12.4. The third kappa shape index (κ3) is 5.19. The SMILES string of the molecule is CCCCCc1ccc(C(=O)N(C)C(C)c2nc3ccccc3c(=O)n2-c2ccc(C)cc2)cc1. The van der Waals surface area contributed by atoms with Crippen molar-refractivity contribution in [3.63, 3.8) is 0 Å². The summed E-state index contributed by atoms with van der Waals surface area (Å²) in [5.41, 5.74) is 4.20. The van der Waals surface area contributed by atoms with E-state index in [1.807, 2.05) is 80.6 Å². The molecule has 1 amide bonds. The predicted molar refractivity (Wildman–Crippen MR) is 142 cm³/mol. The second kappa shape index (κ2) is 10.7. The molecule has 5 nitrogen and oxygen atoms in total. The van der Waals surface area contributed by atoms with Crippen molar-refractivity contribution in [2.45, 2.75) is 52.5 Å². The lowest BCUT2D eigenvalue weighted by molar-refractivity contribution is 0.0735. The molecule has 0 bridgehead atoms. The van der Waals surface area contributed by atoms with E-state index in [1.54, 1.807) is 22.6 Å². The highest BCUT2D eigenvalue weighted by atomic mass is 16.2. The van der Waals surface area contributed by atoms with E-state index in [9.17, 15) is 9.59 Å². The van der Waals surface area contributed by atoms with Crippen molar-refractivity contribution in [1.82, 2.24) is 14.5 Å². The van der Waals surface area contributed by atoms with Crippen LogP contribution in [-0.4, -0.2) is 27.4 Å². The summed E-state index contributed by atoms with van der Waals surface area (Å²) < 4.78 is 1.63. The number of unbranched alkanes of at least 4 members (excludes halogenated alkanes) is 2. The van der Waals surface area contributed by atoms with E-state index in [1.165, 1.54) is 18.4 Å². The molecule has 0 radical (unpaired) electrons. The molecule has 3 aromatic carbocycles. The standard InChI is InChI=1S/C30H33N3O2/c1-5-6-7-10-23-15-17-24(18-16-23)29(34)32(4)22(3)28-31-27-12-9-8-11-26(27)30(35)33(28)25-19-13-21(2)14-20-25/h8-9,11-20,22H,5-7,10H2,1-4H3. The molecule has 1 unspecified atom stereocenters. The van der Waals surface area contributed by atoms with Gasteiger partial charge >= 0.3 is 0 Å². The predicted octanol–water partition coefficient (Wildman–Crippen LogP) is 6.26. The Morgan fingerprint density at radius 3 is 2.34 bits per heavy atom. The number of amides is 1. The summed E-state index contributed by atoms with van der Waals surface area (Å²) in [5.74, 6) is 0.431. The number of carbonyl (C=O) groups is 1. The fourth-order valence-corrected chi connectivity index (χ4v) is 4.32. The number of hydrogen-bond acceptors (Lipinski definition) is 3. The van der Waals surface area contributed by atoms with Crippen LogP contribution in [0.2, 0.25) is 0 Å². The van der Waals surface area contributed by atoms with Gasteiger partial charge in [0.2, 0.25) is 0 Å². The smallest absolute Gasteiger partial charge is 0.266 e. The van der Waals surface area contributed by atoms with Crippen LogP contribution in [0.1, 0.15) is 66.5 Å². The number of carbonyl (C=O) groups excluding carboxylic acids is 1. The second-order valence-corrected chi connectivity index (χ2v) is 9.21. The number of benzene rings is 3. The number of aryl methyl sites for hydroxylation is 2. The van der Waals surface area contributed by atoms with Gasteiger partial charge in [-0.15, -0.1) is 0 Å². The highest BCUT2D eigenvalue weighted by Gasteiger charge is 2.25. The van der Waals surface area contributed by atoms with Crippen LogP contribution in [0.25, 0.3) is 16.6 Å². The first-order valence-corrected chi connectivity index (χ1v) is 12.4. The van der Waals surface area contributed by atoms with Crippen LogP contribution in [-0.2, 0) is 6.42 Å². The van der Waals surface area contributed by atoms with Crippen molar-refractivity contribution in [3.05, 3.63) is 106 Å². The van der Waals surface area contributed by atoms with E-state index < -0.39 is 6.04 Å². The summed E-state index contributed by atoms with van der Waals surface area (Å²) in [6.07, 6.45) is 4.58. The zero-order chi connectivity index (χ0) is 24.9. The molecular weight excluding hydrogens is 434 g/mol. The minimum atomic E-state index is -0.426. The van der Waals surface area contributed by atoms with E-state index in [0.29, 0.717) is 22.3 Å². The molecule has 0 fully saturated rings. The quantitative estimate of drug-likeness (QED) is 0.287. The first kappa shape index (κ1) is 24.4. The van der Waals surface area contributed by atoms with Gasteiger partial charge in [0.15, 0.2) is 0 Å². The van der Waals surface area contributed by atoms with Crippen molar-refractivity contribution in [2.75, 3.05) is 7.05 Å². The van der Waals surface area contributed by atoms with Crippen LogP contribution in [0, 0.1) is 6.92 Å². The summed E-state index contributed by atoms with van der Waals surface area (Å²) in [5, 5.41) is 0.552. The van der Waals surface area contributed by atoms with Crippen LogP contribution in [0.15, 0.2) is 77.6 Å². The largest absolute Gasteiger partial charge is 0.332 e. The van der Waals surface area contributed by atoms with Crippen LogP contribution in [0.4, 0.5) is 0 Å². The molecule has 0 aliphatic rings. The monoisotopic (exact) mass is 467 g/mol. The van der Waals surface area contributed by atoms with Crippen molar-refractivity contribution in [2.24, 2.45) is 0 Å². The number of para-hydroxylation sites is 1. The van der Waals surface area contributed by atoms with Crippen LogP contribution in [0.5, 0.6) is 0 Å². The normalized spacial score (nSPS) is 12.0. The molecule has 0 saturated carbocycles. The summed E-state index contributed by atoms with van der Waals surface area (Å²) in [6.45, 7) is 6.12. The van der Waals surface area contributed by atoms with Gasteiger partial charge in [-0.3, -0.25) is 14.2 Å². The maximum absolute atomic E-state index is 13.6. The van der Waals surface area contributed by atoms with E-state index in [2.05, 4.69) is 6.92 Å². The van der Waals surface area contributed by atoms with Gasteiger partial charge in [0.05, 0.1) is 22.6 Å². The molecule has 180 valence electrons. The van der Waals surface area contributed by atoms with Crippen molar-refractivity contribution in [3.8, 4) is 5.69 Å². The highest BCUT2D eigenvalue weighted by Crippen LogP contribution is 2.23. The third-order valence-corrected chi connectivity index (χ3v) is 6.64. The molecule has 1 atom stereocenters. The Morgan fingerprint density at radius 1 is 0.971 bits per heavy atom. The Bertz CT molecular complexity index is 1370. The summed E-state index contributed by atoms with van der Waals surface area (Å²) in [7, 11) is 1.77. The first-order chi connectivity index (χ1) is 16.9. The average molecular weight is 468 g/mol. The highest BCUT2D eigenvalue weighted by molar-refractivity contribution is 5.94. The Hall–Kier alpha value is -3.73. The van der Waals surface area contributed by atoms with Crippen molar-refractivity contribution in [1.29, 1.82) is 0 Å². The number of nitrogens with zero attached hydrogens (tertiary/aromatic N) is 3. The van der Waals surface area contributed by atoms with E-state index in [4.69, 9.17) is 4.98 Å². The van der Waals surface area contributed by atoms with E-state index in [-0.39, 0.29) is 11.5 Å². The zero-order valence-electron chi connectivity index (χ0n) is 21.0. The minimum absolute atomic E-state index is 0.101. The van der Waals surface area contributed by atoms with Gasteiger partial charge in [0.1, 0.15) is 5.82 Å². The van der Waals surface area contributed by atoms with Gasteiger partial charge in [0.25, 0.3) is 11.5 Å². The van der Waals surface area contributed by atoms with Gasteiger partial charge in [-0.1, -0.05) is 61.7 Å². The topological polar surface area (TPSA) is 55.2 Å². The third-order valence-electron chi connectivity index (χ3n) is 6.64. The number of aromatic nitrogens is 2. The van der Waals surface area contributed by atoms with Gasteiger partial charge in [-0.25, -0.2) is 4.98 Å². The zero-order valence-corrected chi connectivity index (χ0v) is 21.0. The summed E-state index contributed by atoms with van der Waals surface area (Å²) in [4.78, 5) is 33.5. The minimum Gasteiger partial charge on any atom is -0.332 e. The maximum atomic E-state index is 13.6. The number of rotatable bonds is 8. The molecule has 0 spiro atoms. The lowest BCUT2D eigenvalue weighted by Crippen LogP contribution is -2.34. The molecule has 0 aliphatic heterocycles. The molecule has 1 heterocycles. The van der Waals surface area contributed by atoms with Crippen molar-refractivity contribution < 1.29 is 4.79 Å². The molecule has 4 aromatic rings. The lowest BCUT2D eigenvalue weighted by Gasteiger charge is -2.27. The molecule has 4 rings (SSSR count). The maximum Gasteiger partial charge on any atom is 0.266 e. The number of fused-ring (bicyclic) bond motifs is 1. The molecule has 1 aromatic heterocycles. The van der Waals surface area contributed by atoms with Gasteiger partial charge in [-0.2, -0.15) is 0 Å². The Morgan fingerprint density at radius 2 is 1.66 bits per heavy atom. The fraction of sp³-hybridized carbons (Fsp3) is 0.300. The molecule has 0 N–H and O–H groups in total. The summed E-state index contributed by atoms with van der Waals surface area (Å²) >= 11 is 0. The van der Waals surface area contributed by atoms with Gasteiger partial charge in [-0.05, 0) is 68.7 Å². The lowest BCUT2D eigenvalue weighted by atomic mass is 10.0. The molecular formula is C30H33N3O2. The Labute approximate surface area is 207 Å². The van der Waals surface area contributed by atoms with Crippen LogP contribution >= 0.6 is 0 Å². The summed E-state index contributed by atoms with van der Waals surface area (Å²) in [6, 6.07) is 22.6. The van der Waals surface area contributed by atoms with Crippen LogP contribution < -0.4 is 5.56 Å². The van der Waals surface area contributed by atoms with Crippen molar-refractivity contribution >= 4 is 16.8 Å². The van der Waals surface area contributed by atoms with Crippen LogP contribution in [0.3, 0.4) is 0 Å². The van der Waals surface area contributed by atoms with Gasteiger partial charge in [0, 0.05) is 12.6 Å². The average Bonchev–Trinajstić information content (AvgIpc) is 2.88. The Balaban J connectivity index is 1.70. The fourth-order valence-electron chi connectivity index (χ4n) is 4.32. The number of hydrogen-bond donors (Lipinski definition) is 0. The van der Waals surface area contributed by atoms with E-state index >= 15 is 0 Å². The van der Waals surface area contributed by atoms with Gasteiger partial charge < -0.3 is 4.90 Å². The Kier molecular flexibility index (Phi) is 7.45.